The molecule has 3 aliphatic rings. The molecule has 2 N–H and O–H groups in total. The highest BCUT2D eigenvalue weighted by Gasteiger charge is 2.45. The molecule has 4 heteroatoms. The molecule has 2 atom stereocenters. The topological polar surface area (TPSA) is 66.8 Å². The van der Waals surface area contributed by atoms with Gasteiger partial charge < -0.3 is 14.9 Å². The highest BCUT2D eigenvalue weighted by atomic mass is 16.5. The number of esters is 1. The molecule has 0 saturated heterocycles. The molecule has 0 radical (unpaired) electrons. The predicted molar refractivity (Wildman–Crippen MR) is 95.9 cm³/mol. The van der Waals surface area contributed by atoms with Crippen molar-refractivity contribution in [2.24, 2.45) is 0 Å². The normalized spacial score (nSPS) is 18.7. The molecule has 0 fully saturated rings. The Balaban J connectivity index is 1.93. The van der Waals surface area contributed by atoms with Gasteiger partial charge >= 0.3 is 5.97 Å². The van der Waals surface area contributed by atoms with E-state index in [0.29, 0.717) is 11.1 Å². The molecular weight excluding hydrogens is 328 g/mol. The number of phenols is 2. The molecule has 0 aromatic heterocycles. The lowest BCUT2D eigenvalue weighted by Crippen LogP contribution is -2.29. The minimum atomic E-state index is -0.395. The Morgan fingerprint density at radius 3 is 2.00 bits per heavy atom. The molecule has 0 aliphatic heterocycles. The molecule has 6 rings (SSSR count). The third-order valence-electron chi connectivity index (χ3n) is 5.58. The smallest absolute Gasteiger partial charge is 0.338 e. The van der Waals surface area contributed by atoms with Crippen LogP contribution in [-0.2, 0) is 4.74 Å². The first-order valence-corrected chi connectivity index (χ1v) is 8.48. The Bertz CT molecular complexity index is 1080. The van der Waals surface area contributed by atoms with Gasteiger partial charge in [0.15, 0.2) is 0 Å². The fourth-order valence-electron chi connectivity index (χ4n) is 4.64. The van der Waals surface area contributed by atoms with Crippen LogP contribution in [0.4, 0.5) is 0 Å². The van der Waals surface area contributed by atoms with E-state index in [1.165, 1.54) is 19.2 Å². The van der Waals surface area contributed by atoms with E-state index in [4.69, 9.17) is 4.74 Å². The summed E-state index contributed by atoms with van der Waals surface area (Å²) in [5, 5.41) is 21.2. The molecule has 0 heterocycles. The van der Waals surface area contributed by atoms with Crippen molar-refractivity contribution < 1.29 is 19.7 Å². The summed E-state index contributed by atoms with van der Waals surface area (Å²) in [6.45, 7) is 0. The second-order valence-corrected chi connectivity index (χ2v) is 6.73. The summed E-state index contributed by atoms with van der Waals surface area (Å²) in [4.78, 5) is 12.4. The van der Waals surface area contributed by atoms with Crippen molar-refractivity contribution in [1.82, 2.24) is 0 Å². The maximum absolute atomic E-state index is 12.4. The van der Waals surface area contributed by atoms with Gasteiger partial charge in [-0.15, -0.1) is 0 Å². The summed E-state index contributed by atoms with van der Waals surface area (Å²) >= 11 is 0. The highest BCUT2D eigenvalue weighted by Crippen LogP contribution is 2.60. The first kappa shape index (κ1) is 15.0. The Labute approximate surface area is 150 Å². The van der Waals surface area contributed by atoms with Gasteiger partial charge in [-0.2, -0.15) is 0 Å². The Morgan fingerprint density at radius 1 is 0.769 bits per heavy atom. The predicted octanol–water partition coefficient (Wildman–Crippen LogP) is 3.87. The number of phenolic OH excluding ortho intramolecular Hbond substituents is 2. The first-order valence-electron chi connectivity index (χ1n) is 8.48. The van der Waals surface area contributed by atoms with Gasteiger partial charge in [0.25, 0.3) is 0 Å². The van der Waals surface area contributed by atoms with Gasteiger partial charge in [0.05, 0.1) is 12.7 Å². The third kappa shape index (κ3) is 1.71. The zero-order chi connectivity index (χ0) is 18.0. The number of carbonyl (C=O) groups is 1. The van der Waals surface area contributed by atoms with Crippen molar-refractivity contribution >= 4 is 5.97 Å². The fraction of sp³-hybridized carbons (Fsp3) is 0.136. The van der Waals surface area contributed by atoms with Crippen molar-refractivity contribution in [3.05, 3.63) is 93.5 Å². The van der Waals surface area contributed by atoms with Gasteiger partial charge in [-0.25, -0.2) is 4.79 Å². The number of benzene rings is 3. The van der Waals surface area contributed by atoms with Crippen LogP contribution in [0, 0.1) is 0 Å². The van der Waals surface area contributed by atoms with E-state index in [2.05, 4.69) is 0 Å². The summed E-state index contributed by atoms with van der Waals surface area (Å²) in [6.07, 6.45) is 0. The molecule has 3 aromatic carbocycles. The number of carbonyl (C=O) groups excluding carboxylic acids is 1. The van der Waals surface area contributed by atoms with E-state index in [0.717, 1.165) is 27.8 Å². The molecule has 0 saturated carbocycles. The van der Waals surface area contributed by atoms with E-state index in [9.17, 15) is 15.0 Å². The van der Waals surface area contributed by atoms with Crippen LogP contribution >= 0.6 is 0 Å². The van der Waals surface area contributed by atoms with Gasteiger partial charge in [-0.05, 0) is 40.5 Å². The van der Waals surface area contributed by atoms with Gasteiger partial charge in [-0.1, -0.05) is 36.4 Å². The van der Waals surface area contributed by atoms with Gasteiger partial charge in [0, 0.05) is 23.0 Å². The summed E-state index contributed by atoms with van der Waals surface area (Å²) in [7, 11) is 1.37. The second kappa shape index (κ2) is 5.11. The summed E-state index contributed by atoms with van der Waals surface area (Å²) in [5.41, 5.74) is 5.89. The first-order chi connectivity index (χ1) is 12.6. The summed E-state index contributed by atoms with van der Waals surface area (Å²) in [5.74, 6) is -0.640. The van der Waals surface area contributed by atoms with Crippen molar-refractivity contribution in [2.75, 3.05) is 7.11 Å². The maximum Gasteiger partial charge on any atom is 0.338 e. The molecule has 0 amide bonds. The van der Waals surface area contributed by atoms with Gasteiger partial charge in [-0.3, -0.25) is 0 Å². The van der Waals surface area contributed by atoms with Crippen LogP contribution in [0.5, 0.6) is 11.5 Å². The van der Waals surface area contributed by atoms with Crippen LogP contribution < -0.4 is 0 Å². The third-order valence-corrected chi connectivity index (χ3v) is 5.58. The number of methoxy groups -OCH3 is 1. The lowest BCUT2D eigenvalue weighted by molar-refractivity contribution is 0.0599. The molecule has 128 valence electrons. The van der Waals surface area contributed by atoms with E-state index < -0.39 is 5.97 Å². The molecule has 4 nitrogen and oxygen atoms in total. The van der Waals surface area contributed by atoms with Crippen LogP contribution in [-0.4, -0.2) is 23.3 Å². The van der Waals surface area contributed by atoms with Crippen LogP contribution in [0.25, 0.3) is 0 Å². The minimum absolute atomic E-state index is 0.132. The molecule has 3 aromatic rings. The van der Waals surface area contributed by atoms with Crippen molar-refractivity contribution in [3.63, 3.8) is 0 Å². The maximum atomic E-state index is 12.4. The van der Waals surface area contributed by atoms with Gasteiger partial charge in [0.1, 0.15) is 11.5 Å². The standard InChI is InChI=1S/C22H16O4/c1-26-22(25)14-8-4-7-13-17-11-5-2-3-6-12(11)19(18(13)14)21-16(24)10-9-15(23)20(17)21/h2-10,17,19,23-24H,1H3. The minimum Gasteiger partial charge on any atom is -0.508 e. The van der Waals surface area contributed by atoms with Crippen molar-refractivity contribution in [1.29, 1.82) is 0 Å². The Kier molecular flexibility index (Phi) is 2.95. The second-order valence-electron chi connectivity index (χ2n) is 6.73. The van der Waals surface area contributed by atoms with Crippen molar-refractivity contribution in [2.45, 2.75) is 11.8 Å². The van der Waals surface area contributed by atoms with E-state index in [1.54, 1.807) is 6.07 Å². The summed E-state index contributed by atoms with van der Waals surface area (Å²) in [6, 6.07) is 16.6. The van der Waals surface area contributed by atoms with E-state index in [1.807, 2.05) is 36.4 Å². The average molecular weight is 344 g/mol. The van der Waals surface area contributed by atoms with E-state index in [-0.39, 0.29) is 23.3 Å². The quantitative estimate of drug-likeness (QED) is 0.358. The molecular formula is C22H16O4. The highest BCUT2D eigenvalue weighted by molar-refractivity contribution is 5.93. The lowest BCUT2D eigenvalue weighted by Gasteiger charge is -2.43. The zero-order valence-corrected chi connectivity index (χ0v) is 14.1. The average Bonchev–Trinajstić information content (AvgIpc) is 2.69. The fourth-order valence-corrected chi connectivity index (χ4v) is 4.64. The van der Waals surface area contributed by atoms with E-state index >= 15 is 0 Å². The Morgan fingerprint density at radius 2 is 1.35 bits per heavy atom. The van der Waals surface area contributed by atoms with Crippen LogP contribution in [0.2, 0.25) is 0 Å². The summed E-state index contributed by atoms with van der Waals surface area (Å²) < 4.78 is 4.99. The number of hydrogen-bond donors (Lipinski definition) is 2. The van der Waals surface area contributed by atoms with Crippen molar-refractivity contribution in [3.8, 4) is 11.5 Å². The lowest BCUT2D eigenvalue weighted by atomic mass is 9.60. The number of hydrogen-bond acceptors (Lipinski definition) is 4. The molecule has 0 spiro atoms. The molecule has 3 aliphatic carbocycles. The molecule has 2 bridgehead atoms. The molecule has 26 heavy (non-hydrogen) atoms. The number of ether oxygens (including phenoxy) is 1. The monoisotopic (exact) mass is 344 g/mol. The zero-order valence-electron chi connectivity index (χ0n) is 14.1. The van der Waals surface area contributed by atoms with Crippen LogP contribution in [0.1, 0.15) is 55.6 Å². The van der Waals surface area contributed by atoms with Crippen LogP contribution in [0.3, 0.4) is 0 Å². The molecule has 2 unspecified atom stereocenters. The van der Waals surface area contributed by atoms with Crippen LogP contribution in [0.15, 0.2) is 54.6 Å². The SMILES string of the molecule is COC(=O)c1cccc2c1C1c3ccccc3C2c2c(O)ccc(O)c21. The van der Waals surface area contributed by atoms with Gasteiger partial charge in [0.2, 0.25) is 0 Å². The number of rotatable bonds is 1. The Hall–Kier alpha value is -3.27. The number of aromatic hydroxyl groups is 2. The largest absolute Gasteiger partial charge is 0.508 e.